The molecule has 1 aromatic heterocycles. The van der Waals surface area contributed by atoms with Gasteiger partial charge in [-0.3, -0.25) is 10.1 Å². The molecule has 7 nitrogen and oxygen atoms in total. The molecule has 0 unspecified atom stereocenters. The standard InChI is InChI=1S/C11H13N3O4/c15-11(16)8-5-10(12-6-9(8)14(17)18)13-7-3-1-2-4-7/h5-7H,1-4H2,(H,12,13)(H,15,16). The summed E-state index contributed by atoms with van der Waals surface area (Å²) in [6, 6.07) is 1.50. The molecule has 18 heavy (non-hydrogen) atoms. The summed E-state index contributed by atoms with van der Waals surface area (Å²) in [4.78, 5) is 24.8. The van der Waals surface area contributed by atoms with E-state index in [1.54, 1.807) is 0 Å². The summed E-state index contributed by atoms with van der Waals surface area (Å²) in [6.45, 7) is 0. The van der Waals surface area contributed by atoms with E-state index in [9.17, 15) is 14.9 Å². The van der Waals surface area contributed by atoms with E-state index in [1.807, 2.05) is 0 Å². The van der Waals surface area contributed by atoms with Gasteiger partial charge in [0.2, 0.25) is 0 Å². The number of nitrogens with zero attached hydrogens (tertiary/aromatic N) is 2. The van der Waals surface area contributed by atoms with Crippen molar-refractivity contribution in [3.05, 3.63) is 27.9 Å². The van der Waals surface area contributed by atoms with E-state index in [0.29, 0.717) is 5.82 Å². The quantitative estimate of drug-likeness (QED) is 0.626. The minimum atomic E-state index is -1.32. The molecule has 0 radical (unpaired) electrons. The van der Waals surface area contributed by atoms with E-state index in [0.717, 1.165) is 31.9 Å². The van der Waals surface area contributed by atoms with Crippen molar-refractivity contribution in [2.45, 2.75) is 31.7 Å². The fourth-order valence-electron chi connectivity index (χ4n) is 2.12. The van der Waals surface area contributed by atoms with Crippen LogP contribution < -0.4 is 5.32 Å². The van der Waals surface area contributed by atoms with Crippen LogP contribution in [0.15, 0.2) is 12.3 Å². The van der Waals surface area contributed by atoms with E-state index >= 15 is 0 Å². The average Bonchev–Trinajstić information content (AvgIpc) is 2.81. The SMILES string of the molecule is O=C(O)c1cc(NC2CCCC2)ncc1[N+](=O)[O-]. The number of aromatic nitrogens is 1. The van der Waals surface area contributed by atoms with Crippen LogP contribution >= 0.6 is 0 Å². The molecule has 0 aliphatic heterocycles. The highest BCUT2D eigenvalue weighted by molar-refractivity contribution is 5.93. The third-order valence-electron chi connectivity index (χ3n) is 3.02. The number of anilines is 1. The van der Waals surface area contributed by atoms with Crippen LogP contribution in [0.4, 0.5) is 11.5 Å². The highest BCUT2D eigenvalue weighted by Crippen LogP contribution is 2.24. The first-order valence-electron chi connectivity index (χ1n) is 5.72. The Labute approximate surface area is 103 Å². The van der Waals surface area contributed by atoms with Crippen LogP contribution in [-0.4, -0.2) is 27.0 Å². The van der Waals surface area contributed by atoms with Crippen molar-refractivity contribution in [2.75, 3.05) is 5.32 Å². The minimum Gasteiger partial charge on any atom is -0.477 e. The average molecular weight is 251 g/mol. The van der Waals surface area contributed by atoms with Crippen molar-refractivity contribution in [3.8, 4) is 0 Å². The Hall–Kier alpha value is -2.18. The summed E-state index contributed by atoms with van der Waals surface area (Å²) in [6.07, 6.45) is 5.29. The number of rotatable bonds is 4. The molecule has 2 rings (SSSR count). The van der Waals surface area contributed by atoms with Crippen molar-refractivity contribution >= 4 is 17.5 Å². The van der Waals surface area contributed by atoms with Crippen LogP contribution in [0.1, 0.15) is 36.0 Å². The van der Waals surface area contributed by atoms with Crippen molar-refractivity contribution in [1.82, 2.24) is 4.98 Å². The smallest absolute Gasteiger partial charge is 0.342 e. The molecule has 1 aliphatic carbocycles. The summed E-state index contributed by atoms with van der Waals surface area (Å²) in [5.41, 5.74) is -0.824. The molecule has 1 saturated carbocycles. The lowest BCUT2D eigenvalue weighted by Gasteiger charge is -2.12. The molecule has 0 bridgehead atoms. The van der Waals surface area contributed by atoms with E-state index in [-0.39, 0.29) is 11.6 Å². The van der Waals surface area contributed by atoms with Gasteiger partial charge in [0.1, 0.15) is 17.6 Å². The van der Waals surface area contributed by atoms with Crippen molar-refractivity contribution in [2.24, 2.45) is 0 Å². The lowest BCUT2D eigenvalue weighted by molar-refractivity contribution is -0.385. The minimum absolute atomic E-state index is 0.278. The molecule has 0 spiro atoms. The number of nitro groups is 1. The molecular formula is C11H13N3O4. The Morgan fingerprint density at radius 2 is 2.17 bits per heavy atom. The molecule has 0 amide bonds. The summed E-state index contributed by atoms with van der Waals surface area (Å²) >= 11 is 0. The predicted molar refractivity (Wildman–Crippen MR) is 63.7 cm³/mol. The van der Waals surface area contributed by atoms with Gasteiger partial charge in [0, 0.05) is 12.1 Å². The van der Waals surface area contributed by atoms with Gasteiger partial charge in [0.05, 0.1) is 4.92 Å². The molecule has 1 heterocycles. The molecule has 7 heteroatoms. The first-order chi connectivity index (χ1) is 8.58. The highest BCUT2D eigenvalue weighted by atomic mass is 16.6. The molecule has 96 valence electrons. The zero-order valence-electron chi connectivity index (χ0n) is 9.63. The maximum atomic E-state index is 11.0. The largest absolute Gasteiger partial charge is 0.477 e. The molecule has 0 atom stereocenters. The van der Waals surface area contributed by atoms with Gasteiger partial charge >= 0.3 is 11.7 Å². The molecule has 1 fully saturated rings. The van der Waals surface area contributed by atoms with Gasteiger partial charge in [-0.25, -0.2) is 9.78 Å². The first kappa shape index (κ1) is 12.3. The topological polar surface area (TPSA) is 105 Å². The second-order valence-electron chi connectivity index (χ2n) is 4.27. The van der Waals surface area contributed by atoms with Crippen molar-refractivity contribution < 1.29 is 14.8 Å². The molecular weight excluding hydrogens is 238 g/mol. The van der Waals surface area contributed by atoms with Crippen molar-refractivity contribution in [3.63, 3.8) is 0 Å². The maximum Gasteiger partial charge on any atom is 0.342 e. The van der Waals surface area contributed by atoms with Gasteiger partial charge in [-0.05, 0) is 12.8 Å². The Bertz CT molecular complexity index is 483. The third kappa shape index (κ3) is 2.55. The van der Waals surface area contributed by atoms with Crippen LogP contribution in [-0.2, 0) is 0 Å². The maximum absolute atomic E-state index is 11.0. The number of hydrogen-bond donors (Lipinski definition) is 2. The number of hydrogen-bond acceptors (Lipinski definition) is 5. The Morgan fingerprint density at radius 1 is 1.50 bits per heavy atom. The van der Waals surface area contributed by atoms with Gasteiger partial charge in [0.25, 0.3) is 0 Å². The molecule has 0 saturated heterocycles. The van der Waals surface area contributed by atoms with Gasteiger partial charge in [-0.15, -0.1) is 0 Å². The number of carboxylic acids is 1. The van der Waals surface area contributed by atoms with Gasteiger partial charge in [-0.2, -0.15) is 0 Å². The summed E-state index contributed by atoms with van der Waals surface area (Å²) in [7, 11) is 0. The molecule has 0 aromatic carbocycles. The van der Waals surface area contributed by atoms with Crippen LogP contribution in [0.3, 0.4) is 0 Å². The van der Waals surface area contributed by atoms with Crippen LogP contribution in [0.5, 0.6) is 0 Å². The molecule has 1 aromatic rings. The van der Waals surface area contributed by atoms with E-state index in [1.165, 1.54) is 6.07 Å². The van der Waals surface area contributed by atoms with Crippen LogP contribution in [0, 0.1) is 10.1 Å². The van der Waals surface area contributed by atoms with Crippen LogP contribution in [0.2, 0.25) is 0 Å². The van der Waals surface area contributed by atoms with Gasteiger partial charge in [-0.1, -0.05) is 12.8 Å². The number of aromatic carboxylic acids is 1. The Balaban J connectivity index is 2.24. The second kappa shape index (κ2) is 4.99. The molecule has 1 aliphatic rings. The van der Waals surface area contributed by atoms with E-state index in [4.69, 9.17) is 5.11 Å². The lowest BCUT2D eigenvalue weighted by Crippen LogP contribution is -2.16. The van der Waals surface area contributed by atoms with Crippen molar-refractivity contribution in [1.29, 1.82) is 0 Å². The third-order valence-corrected chi connectivity index (χ3v) is 3.02. The first-order valence-corrected chi connectivity index (χ1v) is 5.72. The second-order valence-corrected chi connectivity index (χ2v) is 4.27. The monoisotopic (exact) mass is 251 g/mol. The van der Waals surface area contributed by atoms with Crippen LogP contribution in [0.25, 0.3) is 0 Å². The number of nitrogens with one attached hydrogen (secondary N) is 1. The lowest BCUT2D eigenvalue weighted by atomic mass is 10.2. The highest BCUT2D eigenvalue weighted by Gasteiger charge is 2.22. The fourth-order valence-corrected chi connectivity index (χ4v) is 2.12. The molecule has 2 N–H and O–H groups in total. The Kier molecular flexibility index (Phi) is 3.40. The van der Waals surface area contributed by atoms with E-state index in [2.05, 4.69) is 10.3 Å². The summed E-state index contributed by atoms with van der Waals surface area (Å²) in [5.74, 6) is -0.941. The fraction of sp³-hybridized carbons (Fsp3) is 0.455. The summed E-state index contributed by atoms with van der Waals surface area (Å²) < 4.78 is 0. The zero-order valence-corrected chi connectivity index (χ0v) is 9.63. The van der Waals surface area contributed by atoms with Gasteiger partial charge < -0.3 is 10.4 Å². The number of pyridine rings is 1. The number of carbonyl (C=O) groups is 1. The normalized spacial score (nSPS) is 15.6. The zero-order chi connectivity index (χ0) is 13.1. The number of carboxylic acid groups (broad SMARTS) is 1. The predicted octanol–water partition coefficient (Wildman–Crippen LogP) is 2.04. The van der Waals surface area contributed by atoms with Gasteiger partial charge in [0.15, 0.2) is 0 Å². The van der Waals surface area contributed by atoms with E-state index < -0.39 is 16.6 Å². The Morgan fingerprint density at radius 3 is 2.72 bits per heavy atom. The summed E-state index contributed by atoms with van der Waals surface area (Å²) in [5, 5.41) is 22.7.